The van der Waals surface area contributed by atoms with Crippen molar-refractivity contribution in [3.8, 4) is 22.5 Å². The number of likely N-dealkylation sites (tertiary alicyclic amines) is 1. The number of hydrogen-bond acceptors (Lipinski definition) is 4. The van der Waals surface area contributed by atoms with Crippen LogP contribution in [0.15, 0.2) is 47.2 Å². The lowest BCUT2D eigenvalue weighted by molar-refractivity contribution is 0.0469. The summed E-state index contributed by atoms with van der Waals surface area (Å²) in [5.41, 5.74) is 2.89. The first kappa shape index (κ1) is 16.9. The van der Waals surface area contributed by atoms with Crippen molar-refractivity contribution in [1.82, 2.24) is 15.0 Å². The third kappa shape index (κ3) is 3.25. The van der Waals surface area contributed by atoms with Gasteiger partial charge in [-0.1, -0.05) is 28.9 Å². The zero-order valence-corrected chi connectivity index (χ0v) is 14.7. The number of nitrogens with zero attached hydrogens (tertiary/aromatic N) is 2. The molecule has 0 spiro atoms. The normalized spacial score (nSPS) is 17.5. The SMILES string of the molecule is O=C(c1cc(-c2oncc2-c2cccc(Cl)c2)c[nH]1)N1CCCC(O)C1. The van der Waals surface area contributed by atoms with Gasteiger partial charge in [0.05, 0.1) is 12.3 Å². The first-order chi connectivity index (χ1) is 12.6. The van der Waals surface area contributed by atoms with E-state index < -0.39 is 6.10 Å². The van der Waals surface area contributed by atoms with E-state index >= 15 is 0 Å². The van der Waals surface area contributed by atoms with Gasteiger partial charge < -0.3 is 19.5 Å². The number of piperidine rings is 1. The van der Waals surface area contributed by atoms with Crippen molar-refractivity contribution in [1.29, 1.82) is 0 Å². The van der Waals surface area contributed by atoms with Crippen molar-refractivity contribution in [3.05, 3.63) is 53.4 Å². The lowest BCUT2D eigenvalue weighted by Gasteiger charge is -2.29. The van der Waals surface area contributed by atoms with E-state index in [-0.39, 0.29) is 5.91 Å². The second kappa shape index (κ2) is 6.97. The summed E-state index contributed by atoms with van der Waals surface area (Å²) in [4.78, 5) is 17.3. The molecule has 1 aliphatic rings. The minimum atomic E-state index is -0.453. The molecule has 1 aromatic carbocycles. The Morgan fingerprint density at radius 2 is 2.23 bits per heavy atom. The fourth-order valence-corrected chi connectivity index (χ4v) is 3.46. The molecule has 1 aliphatic heterocycles. The number of halogens is 1. The van der Waals surface area contributed by atoms with Crippen molar-refractivity contribution in [3.63, 3.8) is 0 Å². The molecular formula is C19H18ClN3O3. The van der Waals surface area contributed by atoms with Crippen LogP contribution in [0.3, 0.4) is 0 Å². The highest BCUT2D eigenvalue weighted by Gasteiger charge is 2.25. The van der Waals surface area contributed by atoms with Crippen molar-refractivity contribution >= 4 is 17.5 Å². The molecular weight excluding hydrogens is 354 g/mol. The monoisotopic (exact) mass is 371 g/mol. The Hall–Kier alpha value is -2.57. The second-order valence-electron chi connectivity index (χ2n) is 6.43. The van der Waals surface area contributed by atoms with Crippen LogP contribution in [-0.4, -0.2) is 45.2 Å². The van der Waals surface area contributed by atoms with Gasteiger partial charge in [-0.25, -0.2) is 0 Å². The summed E-state index contributed by atoms with van der Waals surface area (Å²) in [6.45, 7) is 1.02. The van der Waals surface area contributed by atoms with Gasteiger partial charge in [0, 0.05) is 35.4 Å². The Kier molecular flexibility index (Phi) is 4.53. The molecule has 1 atom stereocenters. The predicted molar refractivity (Wildman–Crippen MR) is 97.9 cm³/mol. The van der Waals surface area contributed by atoms with Gasteiger partial charge in [-0.3, -0.25) is 4.79 Å². The topological polar surface area (TPSA) is 82.4 Å². The smallest absolute Gasteiger partial charge is 0.270 e. The summed E-state index contributed by atoms with van der Waals surface area (Å²) in [5.74, 6) is 0.445. The summed E-state index contributed by atoms with van der Waals surface area (Å²) < 4.78 is 5.42. The van der Waals surface area contributed by atoms with Crippen molar-refractivity contribution in [2.24, 2.45) is 0 Å². The number of carbonyl (C=O) groups excluding carboxylic acids is 1. The molecule has 2 aromatic heterocycles. The van der Waals surface area contributed by atoms with Gasteiger partial charge in [0.2, 0.25) is 0 Å². The first-order valence-electron chi connectivity index (χ1n) is 8.48. The molecule has 1 saturated heterocycles. The number of amides is 1. The zero-order chi connectivity index (χ0) is 18.1. The fourth-order valence-electron chi connectivity index (χ4n) is 3.27. The lowest BCUT2D eigenvalue weighted by Crippen LogP contribution is -2.42. The molecule has 1 amide bonds. The maximum absolute atomic E-state index is 12.6. The molecule has 6 nitrogen and oxygen atoms in total. The van der Waals surface area contributed by atoms with Crippen LogP contribution in [0.4, 0.5) is 0 Å². The van der Waals surface area contributed by atoms with E-state index in [1.54, 1.807) is 29.4 Å². The molecule has 0 saturated carbocycles. The molecule has 0 bridgehead atoms. The Bertz CT molecular complexity index is 934. The summed E-state index contributed by atoms with van der Waals surface area (Å²) >= 11 is 6.08. The molecule has 3 aromatic rings. The van der Waals surface area contributed by atoms with Gasteiger partial charge in [-0.15, -0.1) is 0 Å². The standard InChI is InChI=1S/C19H18ClN3O3/c20-14-4-1-3-12(7-14)16-10-22-26-18(16)13-8-17(21-9-13)19(25)23-6-2-5-15(24)11-23/h1,3-4,7-10,15,21,24H,2,5-6,11H2. The molecule has 2 N–H and O–H groups in total. The van der Waals surface area contributed by atoms with Crippen LogP contribution in [0.25, 0.3) is 22.5 Å². The average Bonchev–Trinajstić information content (AvgIpc) is 3.30. The van der Waals surface area contributed by atoms with E-state index in [9.17, 15) is 9.90 Å². The zero-order valence-electron chi connectivity index (χ0n) is 14.0. The predicted octanol–water partition coefficient (Wildman–Crippen LogP) is 3.59. The van der Waals surface area contributed by atoms with Gasteiger partial charge in [0.25, 0.3) is 5.91 Å². The number of benzene rings is 1. The van der Waals surface area contributed by atoms with Gasteiger partial charge in [0.15, 0.2) is 5.76 Å². The van der Waals surface area contributed by atoms with Gasteiger partial charge in [-0.2, -0.15) is 0 Å². The number of hydrogen-bond donors (Lipinski definition) is 2. The van der Waals surface area contributed by atoms with Gasteiger partial charge >= 0.3 is 0 Å². The van der Waals surface area contributed by atoms with Crippen LogP contribution in [0.5, 0.6) is 0 Å². The van der Waals surface area contributed by atoms with Crippen LogP contribution in [0.1, 0.15) is 23.3 Å². The molecule has 26 heavy (non-hydrogen) atoms. The summed E-state index contributed by atoms with van der Waals surface area (Å²) in [5, 5.41) is 14.3. The Balaban J connectivity index is 1.61. The Labute approximate surface area is 155 Å². The molecule has 1 fully saturated rings. The highest BCUT2D eigenvalue weighted by Crippen LogP contribution is 2.33. The maximum atomic E-state index is 12.6. The highest BCUT2D eigenvalue weighted by molar-refractivity contribution is 6.30. The van der Waals surface area contributed by atoms with Crippen LogP contribution in [0.2, 0.25) is 5.02 Å². The second-order valence-corrected chi connectivity index (χ2v) is 6.86. The largest absolute Gasteiger partial charge is 0.391 e. The number of H-pyrrole nitrogens is 1. The lowest BCUT2D eigenvalue weighted by atomic mass is 10.0. The number of aromatic nitrogens is 2. The van der Waals surface area contributed by atoms with E-state index in [0.29, 0.717) is 29.6 Å². The molecule has 134 valence electrons. The van der Waals surface area contributed by atoms with Gasteiger partial charge in [0.1, 0.15) is 5.69 Å². The van der Waals surface area contributed by atoms with Crippen LogP contribution >= 0.6 is 11.6 Å². The quantitative estimate of drug-likeness (QED) is 0.737. The number of aromatic amines is 1. The van der Waals surface area contributed by atoms with Gasteiger partial charge in [-0.05, 0) is 36.6 Å². The Morgan fingerprint density at radius 1 is 1.35 bits per heavy atom. The van der Waals surface area contributed by atoms with Crippen LogP contribution < -0.4 is 0 Å². The van der Waals surface area contributed by atoms with E-state index in [2.05, 4.69) is 10.1 Å². The number of carbonyl (C=O) groups is 1. The first-order valence-corrected chi connectivity index (χ1v) is 8.86. The van der Waals surface area contributed by atoms with Crippen molar-refractivity contribution in [2.45, 2.75) is 18.9 Å². The minimum absolute atomic E-state index is 0.126. The molecule has 0 aliphatic carbocycles. The number of rotatable bonds is 3. The van der Waals surface area contributed by atoms with E-state index in [0.717, 1.165) is 29.5 Å². The number of nitrogens with one attached hydrogen (secondary N) is 1. The molecule has 1 unspecified atom stereocenters. The Morgan fingerprint density at radius 3 is 3.04 bits per heavy atom. The average molecular weight is 372 g/mol. The third-order valence-corrected chi connectivity index (χ3v) is 4.80. The fraction of sp³-hybridized carbons (Fsp3) is 0.263. The number of aliphatic hydroxyl groups excluding tert-OH is 1. The highest BCUT2D eigenvalue weighted by atomic mass is 35.5. The maximum Gasteiger partial charge on any atom is 0.270 e. The molecule has 7 heteroatoms. The molecule has 4 rings (SSSR count). The van der Waals surface area contributed by atoms with Crippen LogP contribution in [-0.2, 0) is 0 Å². The summed E-state index contributed by atoms with van der Waals surface area (Å²) in [6.07, 6.45) is 4.45. The third-order valence-electron chi connectivity index (χ3n) is 4.57. The molecule has 3 heterocycles. The van der Waals surface area contributed by atoms with Crippen LogP contribution in [0, 0.1) is 0 Å². The molecule has 0 radical (unpaired) electrons. The number of β-amino-alcohol motifs (C(OH)–C–C–N with tert-alkyl or cyclic N) is 1. The van der Waals surface area contributed by atoms with E-state index in [4.69, 9.17) is 16.1 Å². The summed E-state index contributed by atoms with van der Waals surface area (Å²) in [7, 11) is 0. The van der Waals surface area contributed by atoms with Crippen molar-refractivity contribution in [2.75, 3.05) is 13.1 Å². The van der Waals surface area contributed by atoms with Crippen molar-refractivity contribution < 1.29 is 14.4 Å². The van der Waals surface area contributed by atoms with E-state index in [1.807, 2.05) is 18.2 Å². The van der Waals surface area contributed by atoms with E-state index in [1.165, 1.54) is 0 Å². The minimum Gasteiger partial charge on any atom is -0.391 e. The number of aliphatic hydroxyl groups is 1. The summed E-state index contributed by atoms with van der Waals surface area (Å²) in [6, 6.07) is 9.18.